The summed E-state index contributed by atoms with van der Waals surface area (Å²) >= 11 is 0. The van der Waals surface area contributed by atoms with E-state index >= 15 is 0 Å². The molecule has 1 aliphatic heterocycles. The highest BCUT2D eigenvalue weighted by Crippen LogP contribution is 2.45. The van der Waals surface area contributed by atoms with Gasteiger partial charge in [0.05, 0.1) is 5.70 Å². The molecule has 2 aromatic carbocycles. The third kappa shape index (κ3) is 1.81. The summed E-state index contributed by atoms with van der Waals surface area (Å²) in [5.74, 6) is 0. The first kappa shape index (κ1) is 11.1. The van der Waals surface area contributed by atoms with Gasteiger partial charge < -0.3 is 0 Å². The second-order valence-electron chi connectivity index (χ2n) is 4.52. The van der Waals surface area contributed by atoms with Crippen LogP contribution in [-0.2, 0) is 0 Å². The van der Waals surface area contributed by atoms with Crippen molar-refractivity contribution in [1.29, 1.82) is 0 Å². The maximum atomic E-state index is 4.20. The second kappa shape index (κ2) is 4.31. The molecule has 18 heavy (non-hydrogen) atoms. The van der Waals surface area contributed by atoms with Crippen LogP contribution in [0.4, 0.5) is 0 Å². The second-order valence-corrected chi connectivity index (χ2v) is 4.52. The monoisotopic (exact) mass is 236 g/mol. The van der Waals surface area contributed by atoms with Gasteiger partial charge in [-0.05, 0) is 11.1 Å². The van der Waals surface area contributed by atoms with E-state index < -0.39 is 0 Å². The van der Waals surface area contributed by atoms with Crippen LogP contribution in [0.25, 0.3) is 5.70 Å². The van der Waals surface area contributed by atoms with E-state index in [1.807, 2.05) is 24.3 Å². The van der Waals surface area contributed by atoms with E-state index in [0.717, 1.165) is 5.70 Å². The number of rotatable bonds is 3. The molecule has 2 heteroatoms. The van der Waals surface area contributed by atoms with E-state index in [-0.39, 0.29) is 0 Å². The highest BCUT2D eigenvalue weighted by atomic mass is 15.8. The average Bonchev–Trinajstić information content (AvgIpc) is 3.11. The summed E-state index contributed by atoms with van der Waals surface area (Å²) in [6, 6.07) is 20.8. The first-order valence-corrected chi connectivity index (χ1v) is 6.10. The number of hydrazine groups is 1. The molecule has 0 saturated carbocycles. The van der Waals surface area contributed by atoms with Crippen molar-refractivity contribution in [1.82, 2.24) is 10.0 Å². The SMILES string of the molecule is C=C(c1ccccc1)N1C(c2ccccc2)[N@@]1C. The topological polar surface area (TPSA) is 6.02 Å². The Balaban J connectivity index is 1.82. The molecular formula is C16H16N2. The van der Waals surface area contributed by atoms with Crippen molar-refractivity contribution in [2.45, 2.75) is 6.17 Å². The third-order valence-corrected chi connectivity index (χ3v) is 3.35. The summed E-state index contributed by atoms with van der Waals surface area (Å²) in [4.78, 5) is 0. The van der Waals surface area contributed by atoms with Gasteiger partial charge in [0.25, 0.3) is 0 Å². The van der Waals surface area contributed by atoms with Crippen LogP contribution in [0.1, 0.15) is 17.3 Å². The van der Waals surface area contributed by atoms with Crippen molar-refractivity contribution < 1.29 is 0 Å². The van der Waals surface area contributed by atoms with E-state index in [0.29, 0.717) is 6.17 Å². The molecule has 90 valence electrons. The summed E-state index contributed by atoms with van der Waals surface area (Å²) in [6.07, 6.45) is 0.318. The minimum atomic E-state index is 0.318. The van der Waals surface area contributed by atoms with E-state index in [4.69, 9.17) is 0 Å². The van der Waals surface area contributed by atoms with Gasteiger partial charge in [-0.25, -0.2) is 0 Å². The zero-order valence-corrected chi connectivity index (χ0v) is 10.5. The van der Waals surface area contributed by atoms with Crippen molar-refractivity contribution in [3.63, 3.8) is 0 Å². The molecule has 1 heterocycles. The zero-order chi connectivity index (χ0) is 12.5. The van der Waals surface area contributed by atoms with Gasteiger partial charge in [-0.15, -0.1) is 0 Å². The molecule has 0 radical (unpaired) electrons. The molecule has 1 aliphatic rings. The van der Waals surface area contributed by atoms with Crippen LogP contribution in [-0.4, -0.2) is 17.1 Å². The summed E-state index contributed by atoms with van der Waals surface area (Å²) in [7, 11) is 2.09. The van der Waals surface area contributed by atoms with E-state index in [2.05, 4.69) is 60.0 Å². The third-order valence-electron chi connectivity index (χ3n) is 3.35. The maximum Gasteiger partial charge on any atom is 0.140 e. The number of hydrogen-bond donors (Lipinski definition) is 0. The standard InChI is InChI=1S/C16H16N2/c1-13(14-9-5-3-6-10-14)18-16(17(18)2)15-11-7-4-8-12-15/h3-12,16H,1H2,2H3/t16?,17-,18?/m1/s1. The van der Waals surface area contributed by atoms with Gasteiger partial charge in [0, 0.05) is 7.05 Å². The fourth-order valence-corrected chi connectivity index (χ4v) is 2.34. The maximum absolute atomic E-state index is 4.20. The van der Waals surface area contributed by atoms with Gasteiger partial charge >= 0.3 is 0 Å². The molecule has 0 spiro atoms. The molecule has 0 aromatic heterocycles. The van der Waals surface area contributed by atoms with Crippen LogP contribution in [0.5, 0.6) is 0 Å². The molecule has 0 amide bonds. The predicted octanol–water partition coefficient (Wildman–Crippen LogP) is 3.52. The molecular weight excluding hydrogens is 220 g/mol. The van der Waals surface area contributed by atoms with E-state index in [9.17, 15) is 0 Å². The van der Waals surface area contributed by atoms with Crippen molar-refractivity contribution in [2.24, 2.45) is 0 Å². The van der Waals surface area contributed by atoms with Gasteiger partial charge in [0.15, 0.2) is 0 Å². The lowest BCUT2D eigenvalue weighted by molar-refractivity contribution is 0.464. The van der Waals surface area contributed by atoms with Crippen LogP contribution in [0.2, 0.25) is 0 Å². The Morgan fingerprint density at radius 2 is 1.50 bits per heavy atom. The molecule has 0 bridgehead atoms. The lowest BCUT2D eigenvalue weighted by atomic mass is 10.1. The molecule has 1 unspecified atom stereocenters. The van der Waals surface area contributed by atoms with E-state index in [1.165, 1.54) is 11.1 Å². The summed E-state index contributed by atoms with van der Waals surface area (Å²) in [6.45, 7) is 4.20. The Labute approximate surface area is 108 Å². The first-order chi connectivity index (χ1) is 8.79. The fourth-order valence-electron chi connectivity index (χ4n) is 2.34. The summed E-state index contributed by atoms with van der Waals surface area (Å²) < 4.78 is 0. The van der Waals surface area contributed by atoms with Crippen molar-refractivity contribution in [3.8, 4) is 0 Å². The van der Waals surface area contributed by atoms with Gasteiger partial charge in [0.2, 0.25) is 0 Å². The van der Waals surface area contributed by atoms with Crippen molar-refractivity contribution in [2.75, 3.05) is 7.05 Å². The molecule has 1 saturated heterocycles. The Kier molecular flexibility index (Phi) is 2.65. The van der Waals surface area contributed by atoms with E-state index in [1.54, 1.807) is 0 Å². The Morgan fingerprint density at radius 1 is 0.944 bits per heavy atom. The van der Waals surface area contributed by atoms with Crippen LogP contribution in [0.3, 0.4) is 0 Å². The quantitative estimate of drug-likeness (QED) is 0.752. The molecule has 0 aliphatic carbocycles. The molecule has 2 atom stereocenters. The van der Waals surface area contributed by atoms with Crippen LogP contribution in [0.15, 0.2) is 67.2 Å². The van der Waals surface area contributed by atoms with Gasteiger partial charge in [-0.1, -0.05) is 67.2 Å². The lowest BCUT2D eigenvalue weighted by Gasteiger charge is -2.07. The average molecular weight is 236 g/mol. The smallest absolute Gasteiger partial charge is 0.140 e. The number of benzene rings is 2. The van der Waals surface area contributed by atoms with Crippen molar-refractivity contribution >= 4 is 5.70 Å². The summed E-state index contributed by atoms with van der Waals surface area (Å²) in [5, 5.41) is 4.41. The molecule has 0 N–H and O–H groups in total. The fraction of sp³-hybridized carbons (Fsp3) is 0.125. The highest BCUT2D eigenvalue weighted by Gasteiger charge is 2.44. The Bertz CT molecular complexity index is 548. The normalized spacial score (nSPS) is 21.7. The Hall–Kier alpha value is -2.06. The molecule has 1 fully saturated rings. The Morgan fingerprint density at radius 3 is 2.11 bits per heavy atom. The first-order valence-electron chi connectivity index (χ1n) is 6.10. The molecule has 3 rings (SSSR count). The molecule has 2 nitrogen and oxygen atoms in total. The zero-order valence-electron chi connectivity index (χ0n) is 10.5. The van der Waals surface area contributed by atoms with Crippen LogP contribution in [0, 0.1) is 0 Å². The van der Waals surface area contributed by atoms with Gasteiger partial charge in [-0.3, -0.25) is 5.01 Å². The minimum absolute atomic E-state index is 0.318. The summed E-state index contributed by atoms with van der Waals surface area (Å²) in [5.41, 5.74) is 3.52. The van der Waals surface area contributed by atoms with Crippen molar-refractivity contribution in [3.05, 3.63) is 78.4 Å². The largest absolute Gasteiger partial charge is 0.280 e. The lowest BCUT2D eigenvalue weighted by Crippen LogP contribution is -2.00. The predicted molar refractivity (Wildman–Crippen MR) is 74.3 cm³/mol. The highest BCUT2D eigenvalue weighted by molar-refractivity contribution is 5.63. The van der Waals surface area contributed by atoms with Crippen LogP contribution < -0.4 is 0 Å². The minimum Gasteiger partial charge on any atom is -0.280 e. The van der Waals surface area contributed by atoms with Gasteiger partial charge in [-0.2, -0.15) is 5.01 Å². The number of nitrogens with zero attached hydrogens (tertiary/aromatic N) is 2. The molecule has 2 aromatic rings. The number of hydrogen-bond acceptors (Lipinski definition) is 2. The van der Waals surface area contributed by atoms with Gasteiger partial charge in [0.1, 0.15) is 6.17 Å². The van der Waals surface area contributed by atoms with Crippen LogP contribution >= 0.6 is 0 Å².